The summed E-state index contributed by atoms with van der Waals surface area (Å²) in [4.78, 5) is 22.4. The lowest BCUT2D eigenvalue weighted by atomic mass is 10.1. The molecule has 0 aliphatic carbocycles. The lowest BCUT2D eigenvalue weighted by Gasteiger charge is -2.22. The largest absolute Gasteiger partial charge is 0.361 e. The maximum Gasteiger partial charge on any atom is 0.239 e. The molecule has 0 bridgehead atoms. The van der Waals surface area contributed by atoms with Crippen molar-refractivity contribution in [2.45, 2.75) is 38.5 Å². The van der Waals surface area contributed by atoms with Gasteiger partial charge in [0.05, 0.1) is 12.6 Å². The number of halogens is 1. The van der Waals surface area contributed by atoms with E-state index in [9.17, 15) is 4.79 Å². The molecule has 5 rings (SSSR count). The first-order chi connectivity index (χ1) is 18.1. The number of nitrogens with one attached hydrogen (secondary N) is 2. The summed E-state index contributed by atoms with van der Waals surface area (Å²) in [5.41, 5.74) is 12.4. The van der Waals surface area contributed by atoms with Crippen LogP contribution in [-0.4, -0.2) is 41.2 Å². The van der Waals surface area contributed by atoms with Crippen LogP contribution >= 0.6 is 12.4 Å². The molecule has 4 aromatic rings. The number of rotatable bonds is 7. The lowest BCUT2D eigenvalue weighted by molar-refractivity contribution is -0.173. The molecule has 1 aromatic heterocycles. The Bertz CT molecular complexity index is 1420. The van der Waals surface area contributed by atoms with Crippen LogP contribution in [0.15, 0.2) is 79.0 Å². The van der Waals surface area contributed by atoms with E-state index in [1.165, 1.54) is 16.5 Å². The van der Waals surface area contributed by atoms with Crippen LogP contribution in [0.1, 0.15) is 34.2 Å². The van der Waals surface area contributed by atoms with Gasteiger partial charge in [0.1, 0.15) is 6.04 Å². The van der Waals surface area contributed by atoms with Crippen molar-refractivity contribution in [2.24, 2.45) is 5.73 Å². The Morgan fingerprint density at radius 1 is 1.05 bits per heavy atom. The minimum absolute atomic E-state index is 0. The van der Waals surface area contributed by atoms with Crippen molar-refractivity contribution in [1.82, 2.24) is 15.4 Å². The van der Waals surface area contributed by atoms with E-state index in [0.29, 0.717) is 26.1 Å². The molecule has 1 amide bonds. The number of fused-ring (bicyclic) bond motifs is 1. The number of aromatic amines is 1. The van der Waals surface area contributed by atoms with Gasteiger partial charge in [-0.3, -0.25) is 9.63 Å². The molecular formula is C31H33ClN4O2. The number of para-hydroxylation sites is 1. The van der Waals surface area contributed by atoms with Crippen LogP contribution in [-0.2, 0) is 22.6 Å². The second kappa shape index (κ2) is 12.8. The van der Waals surface area contributed by atoms with Crippen LogP contribution in [0.25, 0.3) is 10.9 Å². The Morgan fingerprint density at radius 2 is 1.74 bits per heavy atom. The van der Waals surface area contributed by atoms with E-state index in [2.05, 4.69) is 53.3 Å². The van der Waals surface area contributed by atoms with Crippen LogP contribution in [0.3, 0.4) is 0 Å². The molecule has 0 radical (unpaired) electrons. The summed E-state index contributed by atoms with van der Waals surface area (Å²) in [7, 11) is 0. The van der Waals surface area contributed by atoms with E-state index >= 15 is 0 Å². The molecule has 2 heterocycles. The second-order valence-corrected chi connectivity index (χ2v) is 9.50. The molecule has 1 fully saturated rings. The molecule has 3 aromatic carbocycles. The number of aromatic nitrogens is 1. The van der Waals surface area contributed by atoms with Crippen molar-refractivity contribution in [3.8, 4) is 11.8 Å². The predicted molar refractivity (Wildman–Crippen MR) is 154 cm³/mol. The molecule has 1 aliphatic rings. The number of hydroxylamine groups is 2. The van der Waals surface area contributed by atoms with E-state index in [-0.39, 0.29) is 30.5 Å². The maximum absolute atomic E-state index is 13.1. The fourth-order valence-corrected chi connectivity index (χ4v) is 4.63. The first-order valence-electron chi connectivity index (χ1n) is 12.7. The molecule has 4 N–H and O–H groups in total. The molecular weight excluding hydrogens is 496 g/mol. The number of benzene rings is 3. The quantitative estimate of drug-likeness (QED) is 0.309. The zero-order chi connectivity index (χ0) is 25.6. The first-order valence-corrected chi connectivity index (χ1v) is 12.7. The third kappa shape index (κ3) is 6.63. The van der Waals surface area contributed by atoms with Crippen molar-refractivity contribution in [3.63, 3.8) is 0 Å². The molecule has 0 saturated carbocycles. The van der Waals surface area contributed by atoms with Crippen molar-refractivity contribution in [2.75, 3.05) is 13.1 Å². The van der Waals surface area contributed by atoms with Crippen molar-refractivity contribution < 1.29 is 9.63 Å². The highest BCUT2D eigenvalue weighted by Gasteiger charge is 2.37. The number of carbonyl (C=O) groups is 1. The average molecular weight is 529 g/mol. The van der Waals surface area contributed by atoms with E-state index in [1.807, 2.05) is 54.7 Å². The zero-order valence-electron chi connectivity index (χ0n) is 21.4. The van der Waals surface area contributed by atoms with Gasteiger partial charge in [0, 0.05) is 47.7 Å². The summed E-state index contributed by atoms with van der Waals surface area (Å²) in [5.74, 6) is 6.38. The monoisotopic (exact) mass is 528 g/mol. The van der Waals surface area contributed by atoms with Crippen molar-refractivity contribution in [3.05, 3.63) is 107 Å². The maximum atomic E-state index is 13.1. The minimum atomic E-state index is -0.377. The van der Waals surface area contributed by atoms with Crippen LogP contribution in [0.5, 0.6) is 0 Å². The zero-order valence-corrected chi connectivity index (χ0v) is 22.3. The highest BCUT2D eigenvalue weighted by Crippen LogP contribution is 2.24. The Morgan fingerprint density at radius 3 is 2.45 bits per heavy atom. The Kier molecular flexibility index (Phi) is 9.22. The molecule has 0 spiro atoms. The number of aryl methyl sites for hydroxylation is 1. The van der Waals surface area contributed by atoms with Crippen LogP contribution in [0.2, 0.25) is 0 Å². The number of hydrogen-bond acceptors (Lipinski definition) is 4. The lowest BCUT2D eigenvalue weighted by Crippen LogP contribution is -2.43. The topological polar surface area (TPSA) is 83.4 Å². The van der Waals surface area contributed by atoms with E-state index in [4.69, 9.17) is 10.6 Å². The van der Waals surface area contributed by atoms with Crippen molar-refractivity contribution in [1.29, 1.82) is 0 Å². The molecule has 6 nitrogen and oxygen atoms in total. The van der Waals surface area contributed by atoms with E-state index < -0.39 is 0 Å². The summed E-state index contributed by atoms with van der Waals surface area (Å²) in [6.45, 7) is 3.51. The number of H-pyrrole nitrogens is 1. The highest BCUT2D eigenvalue weighted by atomic mass is 35.5. The Hall–Kier alpha value is -3.60. The van der Waals surface area contributed by atoms with Crippen LogP contribution in [0, 0.1) is 18.8 Å². The van der Waals surface area contributed by atoms with E-state index in [1.54, 1.807) is 5.06 Å². The second-order valence-electron chi connectivity index (χ2n) is 9.50. The Labute approximate surface area is 229 Å². The molecule has 1 saturated heterocycles. The summed E-state index contributed by atoms with van der Waals surface area (Å²) >= 11 is 0. The third-order valence-corrected chi connectivity index (χ3v) is 6.75. The Balaban J connectivity index is 0.00000336. The SMILES string of the molecule is Cc1ccc(C#Cc2ccc(CN3OC(CN)CC3C(=O)NCCc3c[nH]c4ccccc34)cc2)cc1.Cl. The molecule has 1 aliphatic heterocycles. The molecule has 7 heteroatoms. The van der Waals surface area contributed by atoms with Gasteiger partial charge in [-0.2, -0.15) is 5.06 Å². The van der Waals surface area contributed by atoms with Crippen LogP contribution < -0.4 is 11.1 Å². The number of nitrogens with zero attached hydrogens (tertiary/aromatic N) is 1. The summed E-state index contributed by atoms with van der Waals surface area (Å²) in [6, 6.07) is 24.1. The van der Waals surface area contributed by atoms with Gasteiger partial charge in [-0.25, -0.2) is 0 Å². The number of carbonyl (C=O) groups excluding carboxylic acids is 1. The standard InChI is InChI=1S/C31H32N4O2.ClH/c1-22-6-8-23(9-7-22)10-11-24-12-14-25(15-13-24)21-35-30(18-27(19-32)37-35)31(36)33-17-16-26-20-34-29-5-3-2-4-28(26)29;/h2-9,12-15,20,27,30,34H,16-19,21,32H2,1H3,(H,33,36);1H. The van der Waals surface area contributed by atoms with Crippen LogP contribution in [0.4, 0.5) is 0 Å². The normalized spacial score (nSPS) is 17.0. The molecule has 2 unspecified atom stereocenters. The van der Waals surface area contributed by atoms with Gasteiger partial charge in [0.25, 0.3) is 0 Å². The van der Waals surface area contributed by atoms with Gasteiger partial charge >= 0.3 is 0 Å². The molecule has 38 heavy (non-hydrogen) atoms. The number of nitrogens with two attached hydrogens (primary N) is 1. The summed E-state index contributed by atoms with van der Waals surface area (Å²) in [5, 5.41) is 6.06. The fourth-order valence-electron chi connectivity index (χ4n) is 4.63. The third-order valence-electron chi connectivity index (χ3n) is 6.75. The number of amides is 1. The van der Waals surface area contributed by atoms with Gasteiger partial charge < -0.3 is 16.0 Å². The van der Waals surface area contributed by atoms with Gasteiger partial charge in [0.15, 0.2) is 0 Å². The number of hydrogen-bond donors (Lipinski definition) is 3. The summed E-state index contributed by atoms with van der Waals surface area (Å²) in [6.07, 6.45) is 3.19. The highest BCUT2D eigenvalue weighted by molar-refractivity contribution is 5.85. The minimum Gasteiger partial charge on any atom is -0.361 e. The molecule has 196 valence electrons. The van der Waals surface area contributed by atoms with Crippen molar-refractivity contribution >= 4 is 29.2 Å². The van der Waals surface area contributed by atoms with Gasteiger partial charge in [-0.05, 0) is 54.8 Å². The first kappa shape index (κ1) is 27.4. The predicted octanol–water partition coefficient (Wildman–Crippen LogP) is 4.49. The smallest absolute Gasteiger partial charge is 0.239 e. The van der Waals surface area contributed by atoms with Gasteiger partial charge in [-0.15, -0.1) is 12.4 Å². The van der Waals surface area contributed by atoms with Gasteiger partial charge in [-0.1, -0.05) is 59.9 Å². The van der Waals surface area contributed by atoms with Gasteiger partial charge in [0.2, 0.25) is 5.91 Å². The molecule has 2 atom stereocenters. The van der Waals surface area contributed by atoms with E-state index in [0.717, 1.165) is 28.6 Å². The average Bonchev–Trinajstić information content (AvgIpc) is 3.53. The fraction of sp³-hybridized carbons (Fsp3) is 0.258. The summed E-state index contributed by atoms with van der Waals surface area (Å²) < 4.78 is 0.